The number of carbonyl (C=O) groups is 2. The molecular formula is C15H18Cl2N2O2. The van der Waals surface area contributed by atoms with E-state index < -0.39 is 0 Å². The van der Waals surface area contributed by atoms with Crippen molar-refractivity contribution in [2.45, 2.75) is 12.8 Å². The zero-order chi connectivity index (χ0) is 15.4. The van der Waals surface area contributed by atoms with E-state index in [9.17, 15) is 9.59 Å². The molecule has 1 aliphatic heterocycles. The second-order valence-electron chi connectivity index (χ2n) is 5.24. The molecule has 1 aromatic rings. The van der Waals surface area contributed by atoms with Crippen LogP contribution in [0.3, 0.4) is 0 Å². The Bertz CT molecular complexity index is 548. The van der Waals surface area contributed by atoms with Crippen LogP contribution in [0.2, 0.25) is 10.0 Å². The third-order valence-electron chi connectivity index (χ3n) is 3.72. The Morgan fingerprint density at radius 2 is 2.14 bits per heavy atom. The average Bonchev–Trinajstić information content (AvgIpc) is 2.46. The zero-order valence-corrected chi connectivity index (χ0v) is 13.4. The molecule has 4 nitrogen and oxygen atoms in total. The van der Waals surface area contributed by atoms with Gasteiger partial charge in [-0.25, -0.2) is 0 Å². The van der Waals surface area contributed by atoms with Crippen molar-refractivity contribution in [3.8, 4) is 0 Å². The summed E-state index contributed by atoms with van der Waals surface area (Å²) in [6.07, 6.45) is 1.78. The van der Waals surface area contributed by atoms with Gasteiger partial charge in [-0.1, -0.05) is 23.2 Å². The van der Waals surface area contributed by atoms with E-state index in [-0.39, 0.29) is 24.2 Å². The van der Waals surface area contributed by atoms with Crippen molar-refractivity contribution in [2.75, 3.05) is 26.7 Å². The molecule has 0 aromatic heterocycles. The number of likely N-dealkylation sites (tertiary alicyclic amines) is 1. The first-order chi connectivity index (χ1) is 10.0. The maximum Gasteiger partial charge on any atom is 0.224 e. The summed E-state index contributed by atoms with van der Waals surface area (Å²) in [5, 5.41) is 3.55. The molecule has 21 heavy (non-hydrogen) atoms. The number of amides is 1. The van der Waals surface area contributed by atoms with Crippen molar-refractivity contribution in [2.24, 2.45) is 5.92 Å². The summed E-state index contributed by atoms with van der Waals surface area (Å²) in [5.74, 6) is -0.0527. The van der Waals surface area contributed by atoms with Crippen LogP contribution in [0.25, 0.3) is 0 Å². The predicted octanol–water partition coefficient (Wildman–Crippen LogP) is 2.63. The lowest BCUT2D eigenvalue weighted by atomic mass is 9.96. The molecule has 2 rings (SSSR count). The van der Waals surface area contributed by atoms with E-state index in [0.29, 0.717) is 22.2 Å². The molecule has 0 saturated carbocycles. The minimum atomic E-state index is -0.0470. The summed E-state index contributed by atoms with van der Waals surface area (Å²) in [5.41, 5.74) is 0.475. The van der Waals surface area contributed by atoms with Gasteiger partial charge in [0.1, 0.15) is 0 Å². The number of carbonyl (C=O) groups excluding carboxylic acids is 2. The molecule has 1 atom stereocenters. The van der Waals surface area contributed by atoms with Gasteiger partial charge in [-0.2, -0.15) is 0 Å². The Morgan fingerprint density at radius 1 is 1.38 bits per heavy atom. The number of halogens is 2. The summed E-state index contributed by atoms with van der Waals surface area (Å²) in [6.45, 7) is 1.70. The molecule has 0 spiro atoms. The molecule has 1 unspecified atom stereocenters. The topological polar surface area (TPSA) is 49.4 Å². The van der Waals surface area contributed by atoms with Crippen molar-refractivity contribution in [3.63, 3.8) is 0 Å². The fourth-order valence-corrected chi connectivity index (χ4v) is 3.14. The highest BCUT2D eigenvalue weighted by atomic mass is 35.5. The maximum absolute atomic E-state index is 12.3. The van der Waals surface area contributed by atoms with Crippen molar-refractivity contribution in [1.82, 2.24) is 10.2 Å². The largest absolute Gasteiger partial charge is 0.359 e. The summed E-state index contributed by atoms with van der Waals surface area (Å²) in [4.78, 5) is 26.0. The monoisotopic (exact) mass is 328 g/mol. The van der Waals surface area contributed by atoms with E-state index in [4.69, 9.17) is 23.2 Å². The van der Waals surface area contributed by atoms with Crippen LogP contribution < -0.4 is 5.32 Å². The van der Waals surface area contributed by atoms with E-state index in [1.54, 1.807) is 25.2 Å². The number of nitrogens with one attached hydrogen (secondary N) is 1. The average molecular weight is 329 g/mol. The Hall–Kier alpha value is -1.10. The lowest BCUT2D eigenvalue weighted by Gasteiger charge is -2.31. The minimum absolute atomic E-state index is 0.0386. The molecule has 1 aliphatic rings. The second kappa shape index (κ2) is 7.25. The van der Waals surface area contributed by atoms with Crippen LogP contribution in [0.1, 0.15) is 23.2 Å². The molecule has 1 aromatic carbocycles. The van der Waals surface area contributed by atoms with Crippen LogP contribution in [0, 0.1) is 5.92 Å². The number of hydrogen-bond acceptors (Lipinski definition) is 3. The Balaban J connectivity index is 2.00. The quantitative estimate of drug-likeness (QED) is 0.864. The summed E-state index contributed by atoms with van der Waals surface area (Å²) < 4.78 is 0. The molecule has 1 N–H and O–H groups in total. The predicted molar refractivity (Wildman–Crippen MR) is 84.0 cm³/mol. The van der Waals surface area contributed by atoms with Crippen LogP contribution in [-0.2, 0) is 4.79 Å². The van der Waals surface area contributed by atoms with E-state index in [1.807, 2.05) is 4.90 Å². The molecule has 0 aliphatic carbocycles. The van der Waals surface area contributed by atoms with Crippen LogP contribution >= 0.6 is 23.2 Å². The highest BCUT2D eigenvalue weighted by Gasteiger charge is 2.26. The highest BCUT2D eigenvalue weighted by Crippen LogP contribution is 2.23. The van der Waals surface area contributed by atoms with Gasteiger partial charge < -0.3 is 5.32 Å². The third-order valence-corrected chi connectivity index (χ3v) is 4.27. The molecule has 1 amide bonds. The number of ketones is 1. The Labute approximate surface area is 134 Å². The highest BCUT2D eigenvalue weighted by molar-refractivity contribution is 6.36. The SMILES string of the molecule is CNC(=O)C1CCCN(CC(=O)c2ccc(Cl)cc2Cl)C1. The summed E-state index contributed by atoms with van der Waals surface area (Å²) in [6, 6.07) is 4.87. The van der Waals surface area contributed by atoms with E-state index in [1.165, 1.54) is 0 Å². The number of benzene rings is 1. The molecular weight excluding hydrogens is 311 g/mol. The van der Waals surface area contributed by atoms with Gasteiger partial charge in [-0.3, -0.25) is 14.5 Å². The van der Waals surface area contributed by atoms with E-state index in [0.717, 1.165) is 19.4 Å². The van der Waals surface area contributed by atoms with Crippen LogP contribution in [0.5, 0.6) is 0 Å². The number of rotatable bonds is 4. The molecule has 1 saturated heterocycles. The molecule has 0 radical (unpaired) electrons. The van der Waals surface area contributed by atoms with Crippen molar-refractivity contribution >= 4 is 34.9 Å². The maximum atomic E-state index is 12.3. The number of hydrogen-bond donors (Lipinski definition) is 1. The van der Waals surface area contributed by atoms with Crippen molar-refractivity contribution in [3.05, 3.63) is 33.8 Å². The molecule has 0 bridgehead atoms. The normalized spacial score (nSPS) is 19.3. The van der Waals surface area contributed by atoms with Gasteiger partial charge >= 0.3 is 0 Å². The smallest absolute Gasteiger partial charge is 0.224 e. The fourth-order valence-electron chi connectivity index (χ4n) is 2.62. The van der Waals surface area contributed by atoms with Crippen LogP contribution in [0.15, 0.2) is 18.2 Å². The van der Waals surface area contributed by atoms with Gasteiger partial charge in [0.05, 0.1) is 17.5 Å². The van der Waals surface area contributed by atoms with Gasteiger partial charge in [0, 0.05) is 24.2 Å². The molecule has 6 heteroatoms. The first kappa shape index (κ1) is 16.3. The standard InChI is InChI=1S/C15H18Cl2N2O2/c1-18-15(21)10-3-2-6-19(8-10)9-14(20)12-5-4-11(16)7-13(12)17/h4-5,7,10H,2-3,6,8-9H2,1H3,(H,18,21). The zero-order valence-electron chi connectivity index (χ0n) is 11.9. The number of Topliss-reactive ketones (excluding diaryl/α,β-unsaturated/α-hetero) is 1. The van der Waals surface area contributed by atoms with Crippen LogP contribution in [0.4, 0.5) is 0 Å². The van der Waals surface area contributed by atoms with Crippen molar-refractivity contribution in [1.29, 1.82) is 0 Å². The van der Waals surface area contributed by atoms with Gasteiger partial charge in [0.15, 0.2) is 5.78 Å². The van der Waals surface area contributed by atoms with Crippen molar-refractivity contribution < 1.29 is 9.59 Å². The fraction of sp³-hybridized carbons (Fsp3) is 0.467. The third kappa shape index (κ3) is 4.19. The number of piperidine rings is 1. The van der Waals surface area contributed by atoms with Gasteiger partial charge in [-0.05, 0) is 37.6 Å². The summed E-state index contributed by atoms with van der Waals surface area (Å²) >= 11 is 11.9. The van der Waals surface area contributed by atoms with Gasteiger partial charge in [-0.15, -0.1) is 0 Å². The van der Waals surface area contributed by atoms with E-state index in [2.05, 4.69) is 5.32 Å². The first-order valence-corrected chi connectivity index (χ1v) is 7.69. The first-order valence-electron chi connectivity index (χ1n) is 6.93. The van der Waals surface area contributed by atoms with Crippen LogP contribution in [-0.4, -0.2) is 43.3 Å². The summed E-state index contributed by atoms with van der Waals surface area (Å²) in [7, 11) is 1.64. The number of nitrogens with zero attached hydrogens (tertiary/aromatic N) is 1. The van der Waals surface area contributed by atoms with E-state index >= 15 is 0 Å². The molecule has 1 heterocycles. The molecule has 1 fully saturated rings. The second-order valence-corrected chi connectivity index (χ2v) is 6.08. The van der Waals surface area contributed by atoms with Gasteiger partial charge in [0.2, 0.25) is 5.91 Å². The lowest BCUT2D eigenvalue weighted by Crippen LogP contribution is -2.44. The lowest BCUT2D eigenvalue weighted by molar-refractivity contribution is -0.126. The Kier molecular flexibility index (Phi) is 5.62. The minimum Gasteiger partial charge on any atom is -0.359 e. The molecule has 114 valence electrons. The van der Waals surface area contributed by atoms with Gasteiger partial charge in [0.25, 0.3) is 0 Å². The Morgan fingerprint density at radius 3 is 2.81 bits per heavy atom.